The topological polar surface area (TPSA) is 114 Å². The molecule has 0 amide bonds. The van der Waals surface area contributed by atoms with Crippen molar-refractivity contribution in [3.05, 3.63) is 30.4 Å². The van der Waals surface area contributed by atoms with Crippen LogP contribution in [0.5, 0.6) is 0 Å². The van der Waals surface area contributed by atoms with Crippen molar-refractivity contribution in [3.8, 4) is 0 Å². The van der Waals surface area contributed by atoms with E-state index in [0.29, 0.717) is 6.42 Å². The number of benzene rings is 1. The predicted molar refractivity (Wildman–Crippen MR) is 160 cm³/mol. The van der Waals surface area contributed by atoms with E-state index in [-0.39, 0.29) is 25.6 Å². The van der Waals surface area contributed by atoms with Gasteiger partial charge in [-0.05, 0) is 81.8 Å². The highest BCUT2D eigenvalue weighted by atomic mass is 127. The molecule has 39 heavy (non-hydrogen) atoms. The fraction of sp³-hybridized carbons (Fsp3) is 0.643. The maximum absolute atomic E-state index is 12.7. The first-order chi connectivity index (χ1) is 18.2. The Labute approximate surface area is 257 Å². The fourth-order valence-electron chi connectivity index (χ4n) is 3.67. The third-order valence-electron chi connectivity index (χ3n) is 5.99. The first kappa shape index (κ1) is 33.7. The van der Waals surface area contributed by atoms with Crippen LogP contribution in [-0.2, 0) is 49.3 Å². The molecular weight excluding hydrogens is 734 g/mol. The van der Waals surface area contributed by atoms with Crippen LogP contribution in [0, 0.1) is 31.8 Å². The molecule has 1 fully saturated rings. The number of halogens is 2. The van der Waals surface area contributed by atoms with Gasteiger partial charge in [0.2, 0.25) is 0 Å². The zero-order valence-electron chi connectivity index (χ0n) is 23.5. The Morgan fingerprint density at radius 2 is 1.21 bits per heavy atom. The summed E-state index contributed by atoms with van der Waals surface area (Å²) < 4.78 is 30.4. The molecular formula is C28H38I2O9. The quantitative estimate of drug-likeness (QED) is 0.168. The van der Waals surface area contributed by atoms with Crippen LogP contribution in [0.1, 0.15) is 59.1 Å². The second-order valence-electron chi connectivity index (χ2n) is 10.5. The van der Waals surface area contributed by atoms with Gasteiger partial charge in [-0.25, -0.2) is 0 Å². The van der Waals surface area contributed by atoms with E-state index in [1.165, 1.54) is 0 Å². The number of carbonyl (C=O) groups is 4. The number of rotatable bonds is 12. The normalized spacial score (nSPS) is 20.8. The van der Waals surface area contributed by atoms with Gasteiger partial charge >= 0.3 is 23.9 Å². The third kappa shape index (κ3) is 10.1. The van der Waals surface area contributed by atoms with Gasteiger partial charge in [0.25, 0.3) is 0 Å². The highest BCUT2D eigenvalue weighted by Crippen LogP contribution is 2.30. The predicted octanol–water partition coefficient (Wildman–Crippen LogP) is 4.78. The van der Waals surface area contributed by atoms with Gasteiger partial charge in [0.05, 0.1) is 17.8 Å². The summed E-state index contributed by atoms with van der Waals surface area (Å²) in [7, 11) is 0. The zero-order chi connectivity index (χ0) is 29.4. The third-order valence-corrected chi connectivity index (χ3v) is 7.91. The van der Waals surface area contributed by atoms with Gasteiger partial charge in [0.15, 0.2) is 12.2 Å². The molecule has 1 aliphatic rings. The van der Waals surface area contributed by atoms with E-state index in [4.69, 9.17) is 23.7 Å². The lowest BCUT2D eigenvalue weighted by molar-refractivity contribution is -0.173. The summed E-state index contributed by atoms with van der Waals surface area (Å²) in [4.78, 5) is 49.8. The number of hydrogen-bond donors (Lipinski definition) is 0. The Balaban J connectivity index is 2.17. The molecule has 1 aromatic rings. The van der Waals surface area contributed by atoms with Crippen molar-refractivity contribution in [1.82, 2.24) is 0 Å². The van der Waals surface area contributed by atoms with E-state index < -0.39 is 60.1 Å². The van der Waals surface area contributed by atoms with Crippen LogP contribution in [0.3, 0.4) is 0 Å². The van der Waals surface area contributed by atoms with Crippen molar-refractivity contribution in [2.45, 2.75) is 85.7 Å². The molecule has 218 valence electrons. The van der Waals surface area contributed by atoms with Crippen molar-refractivity contribution >= 4 is 69.1 Å². The summed E-state index contributed by atoms with van der Waals surface area (Å²) >= 11 is 4.52. The van der Waals surface area contributed by atoms with E-state index >= 15 is 0 Å². The van der Waals surface area contributed by atoms with Gasteiger partial charge in [0.1, 0.15) is 25.4 Å². The standard InChI is InChI=1S/C28H38I2O9/c1-14(2)26(32)36-13-22-25(39-28(34)16(5)6)24(38-27(33)15(3)4)21(37-22)12-35-23(31)9-8-18-19(29)10-17(7)11-20(18)30/h10-11,14-16,21-22,24-25H,8-9,12-13H2,1-7H3/t21-,22-,24-,25-/m1/s1. The maximum Gasteiger partial charge on any atom is 0.308 e. The average molecular weight is 772 g/mol. The second-order valence-corrected chi connectivity index (χ2v) is 12.8. The number of aryl methyl sites for hydroxylation is 1. The Morgan fingerprint density at radius 3 is 1.64 bits per heavy atom. The first-order valence-electron chi connectivity index (χ1n) is 13.0. The Kier molecular flexibility index (Phi) is 13.4. The van der Waals surface area contributed by atoms with Gasteiger partial charge in [-0.1, -0.05) is 41.5 Å². The van der Waals surface area contributed by atoms with Crippen LogP contribution in [0.25, 0.3) is 0 Å². The molecule has 0 aromatic heterocycles. The minimum atomic E-state index is -1.04. The van der Waals surface area contributed by atoms with Gasteiger partial charge < -0.3 is 23.7 Å². The molecule has 1 aromatic carbocycles. The van der Waals surface area contributed by atoms with Gasteiger partial charge in [-0.15, -0.1) is 0 Å². The first-order valence-corrected chi connectivity index (χ1v) is 15.2. The van der Waals surface area contributed by atoms with E-state index in [1.807, 2.05) is 6.92 Å². The summed E-state index contributed by atoms with van der Waals surface area (Å²) in [6.07, 6.45) is -3.24. The molecule has 0 saturated carbocycles. The fourth-order valence-corrected chi connectivity index (χ4v) is 6.29. The number of esters is 4. The molecule has 11 heteroatoms. The highest BCUT2D eigenvalue weighted by molar-refractivity contribution is 14.1. The highest BCUT2D eigenvalue weighted by Gasteiger charge is 2.51. The van der Waals surface area contributed by atoms with Crippen LogP contribution >= 0.6 is 45.2 Å². The van der Waals surface area contributed by atoms with Crippen molar-refractivity contribution < 1.29 is 42.9 Å². The van der Waals surface area contributed by atoms with E-state index in [9.17, 15) is 19.2 Å². The van der Waals surface area contributed by atoms with Crippen LogP contribution in [-0.4, -0.2) is 61.5 Å². The summed E-state index contributed by atoms with van der Waals surface area (Å²) in [5.74, 6) is -3.19. The van der Waals surface area contributed by atoms with E-state index in [1.54, 1.807) is 41.5 Å². The van der Waals surface area contributed by atoms with Crippen molar-refractivity contribution in [2.24, 2.45) is 17.8 Å². The molecule has 0 radical (unpaired) electrons. The molecule has 0 bridgehead atoms. The van der Waals surface area contributed by atoms with Gasteiger partial charge in [0, 0.05) is 13.6 Å². The molecule has 1 heterocycles. The molecule has 0 spiro atoms. The van der Waals surface area contributed by atoms with E-state index in [2.05, 4.69) is 57.3 Å². The molecule has 4 atom stereocenters. The molecule has 1 saturated heterocycles. The Morgan fingerprint density at radius 1 is 0.769 bits per heavy atom. The van der Waals surface area contributed by atoms with Crippen molar-refractivity contribution in [2.75, 3.05) is 13.2 Å². The SMILES string of the molecule is Cc1cc(I)c(CCC(=O)OC[C@H]2O[C@H](COC(=O)C(C)C)[C@@H](OC(=O)C(C)C)[C@@H]2OC(=O)C(C)C)c(I)c1. The monoisotopic (exact) mass is 772 g/mol. The lowest BCUT2D eigenvalue weighted by atomic mass is 10.1. The van der Waals surface area contributed by atoms with Crippen LogP contribution in [0.2, 0.25) is 0 Å². The number of carbonyl (C=O) groups excluding carboxylic acids is 4. The minimum absolute atomic E-state index is 0.152. The number of hydrogen-bond acceptors (Lipinski definition) is 9. The smallest absolute Gasteiger partial charge is 0.308 e. The zero-order valence-corrected chi connectivity index (χ0v) is 27.8. The minimum Gasteiger partial charge on any atom is -0.463 e. The summed E-state index contributed by atoms with van der Waals surface area (Å²) in [5, 5.41) is 0. The van der Waals surface area contributed by atoms with Crippen molar-refractivity contribution in [1.29, 1.82) is 0 Å². The van der Waals surface area contributed by atoms with E-state index in [0.717, 1.165) is 18.3 Å². The maximum atomic E-state index is 12.7. The Bertz CT molecular complexity index is 1010. The second kappa shape index (κ2) is 15.5. The molecule has 0 N–H and O–H groups in total. The molecule has 0 aliphatic carbocycles. The van der Waals surface area contributed by atoms with Crippen LogP contribution in [0.15, 0.2) is 12.1 Å². The molecule has 9 nitrogen and oxygen atoms in total. The summed E-state index contributed by atoms with van der Waals surface area (Å²) in [5.41, 5.74) is 2.23. The molecule has 1 aliphatic heterocycles. The van der Waals surface area contributed by atoms with Crippen LogP contribution in [0.4, 0.5) is 0 Å². The average Bonchev–Trinajstić information content (AvgIpc) is 3.15. The lowest BCUT2D eigenvalue weighted by Crippen LogP contribution is -2.44. The Hall–Kier alpha value is -1.48. The van der Waals surface area contributed by atoms with Crippen molar-refractivity contribution in [3.63, 3.8) is 0 Å². The largest absolute Gasteiger partial charge is 0.463 e. The summed E-state index contributed by atoms with van der Waals surface area (Å²) in [6, 6.07) is 4.13. The van der Waals surface area contributed by atoms with Gasteiger partial charge in [-0.3, -0.25) is 19.2 Å². The summed E-state index contributed by atoms with van der Waals surface area (Å²) in [6.45, 7) is 11.7. The molecule has 2 rings (SSSR count). The lowest BCUT2D eigenvalue weighted by Gasteiger charge is -2.25. The van der Waals surface area contributed by atoms with Gasteiger partial charge in [-0.2, -0.15) is 0 Å². The molecule has 0 unspecified atom stereocenters. The van der Waals surface area contributed by atoms with Crippen LogP contribution < -0.4 is 0 Å². The number of ether oxygens (including phenoxy) is 5.